The molecular weight excluding hydrogens is 330 g/mol. The standard InChI is InChI=1S/C20H19N3OS/c1-25-19(21-14-8-3-2-4-9-14)16-11-7-13-23-18(16)22-17-12-6-5-10-15(17)20(23)24/h2-6,8-10,12,21H,7,11,13H2,1H3/b19-16-. The molecule has 3 aromatic rings. The fraction of sp³-hybridized carbons (Fsp3) is 0.200. The van der Waals surface area contributed by atoms with Gasteiger partial charge in [-0.2, -0.15) is 0 Å². The summed E-state index contributed by atoms with van der Waals surface area (Å²) in [4.78, 5) is 17.7. The number of rotatable bonds is 3. The van der Waals surface area contributed by atoms with Crippen LogP contribution in [0, 0.1) is 0 Å². The Balaban J connectivity index is 1.89. The molecule has 25 heavy (non-hydrogen) atoms. The second-order valence-electron chi connectivity index (χ2n) is 6.02. The van der Waals surface area contributed by atoms with Gasteiger partial charge in [0.15, 0.2) is 0 Å². The minimum absolute atomic E-state index is 0.0537. The number of nitrogens with zero attached hydrogens (tertiary/aromatic N) is 2. The van der Waals surface area contributed by atoms with Gasteiger partial charge >= 0.3 is 0 Å². The van der Waals surface area contributed by atoms with Gasteiger partial charge in [0.05, 0.1) is 15.9 Å². The summed E-state index contributed by atoms with van der Waals surface area (Å²) in [5.74, 6) is 0.794. The van der Waals surface area contributed by atoms with Crippen molar-refractivity contribution >= 4 is 33.9 Å². The summed E-state index contributed by atoms with van der Waals surface area (Å²) in [5, 5.41) is 5.24. The molecule has 126 valence electrons. The lowest BCUT2D eigenvalue weighted by Gasteiger charge is -2.23. The number of allylic oxidation sites excluding steroid dienone is 1. The molecular formula is C20H19N3OS. The molecule has 5 heteroatoms. The van der Waals surface area contributed by atoms with Crippen molar-refractivity contribution < 1.29 is 0 Å². The molecule has 1 aliphatic heterocycles. The number of benzene rings is 2. The number of nitrogens with one attached hydrogen (secondary N) is 1. The molecule has 2 aromatic carbocycles. The van der Waals surface area contributed by atoms with Crippen molar-refractivity contribution in [2.45, 2.75) is 19.4 Å². The largest absolute Gasteiger partial charge is 0.350 e. The molecule has 1 aromatic heterocycles. The van der Waals surface area contributed by atoms with Crippen LogP contribution in [0.3, 0.4) is 0 Å². The molecule has 0 radical (unpaired) electrons. The summed E-state index contributed by atoms with van der Waals surface area (Å²) in [7, 11) is 0. The van der Waals surface area contributed by atoms with Crippen molar-refractivity contribution in [3.63, 3.8) is 0 Å². The first-order chi connectivity index (χ1) is 12.3. The van der Waals surface area contributed by atoms with Crippen LogP contribution in [0.1, 0.15) is 18.7 Å². The molecule has 0 fully saturated rings. The van der Waals surface area contributed by atoms with Crippen LogP contribution >= 0.6 is 11.8 Å². The summed E-state index contributed by atoms with van der Waals surface area (Å²) in [6.45, 7) is 0.725. The lowest BCUT2D eigenvalue weighted by atomic mass is 10.1. The maximum Gasteiger partial charge on any atom is 0.261 e. The lowest BCUT2D eigenvalue weighted by molar-refractivity contribution is 0.585. The van der Waals surface area contributed by atoms with Crippen molar-refractivity contribution in [1.29, 1.82) is 0 Å². The Morgan fingerprint density at radius 3 is 2.68 bits per heavy atom. The maximum atomic E-state index is 12.9. The number of fused-ring (bicyclic) bond motifs is 2. The van der Waals surface area contributed by atoms with Crippen LogP contribution in [0.15, 0.2) is 64.4 Å². The van der Waals surface area contributed by atoms with Crippen molar-refractivity contribution in [2.75, 3.05) is 11.6 Å². The quantitative estimate of drug-likeness (QED) is 0.764. The van der Waals surface area contributed by atoms with E-state index in [0.29, 0.717) is 5.39 Å². The van der Waals surface area contributed by atoms with Gasteiger partial charge < -0.3 is 5.32 Å². The third kappa shape index (κ3) is 2.96. The Labute approximate surface area is 150 Å². The van der Waals surface area contributed by atoms with Gasteiger partial charge in [-0.3, -0.25) is 9.36 Å². The molecule has 0 unspecified atom stereocenters. The molecule has 4 nitrogen and oxygen atoms in total. The highest BCUT2D eigenvalue weighted by atomic mass is 32.2. The summed E-state index contributed by atoms with van der Waals surface area (Å²) >= 11 is 1.66. The number of hydrogen-bond acceptors (Lipinski definition) is 4. The topological polar surface area (TPSA) is 46.9 Å². The number of anilines is 1. The van der Waals surface area contributed by atoms with Crippen molar-refractivity contribution in [2.24, 2.45) is 0 Å². The highest BCUT2D eigenvalue weighted by Crippen LogP contribution is 2.32. The van der Waals surface area contributed by atoms with E-state index in [1.54, 1.807) is 11.8 Å². The van der Waals surface area contributed by atoms with Gasteiger partial charge in [-0.25, -0.2) is 4.98 Å². The number of thioether (sulfide) groups is 1. The fourth-order valence-corrected chi connectivity index (χ4v) is 3.91. The Bertz CT molecular complexity index is 1010. The van der Waals surface area contributed by atoms with Crippen molar-refractivity contribution in [3.8, 4) is 0 Å². The van der Waals surface area contributed by atoms with E-state index < -0.39 is 0 Å². The number of aromatic nitrogens is 2. The third-order valence-electron chi connectivity index (χ3n) is 4.45. The highest BCUT2D eigenvalue weighted by Gasteiger charge is 2.21. The average Bonchev–Trinajstić information content (AvgIpc) is 2.67. The minimum Gasteiger partial charge on any atom is -0.350 e. The molecule has 0 saturated carbocycles. The molecule has 0 saturated heterocycles. The predicted molar refractivity (Wildman–Crippen MR) is 106 cm³/mol. The first kappa shape index (κ1) is 16.0. The van der Waals surface area contributed by atoms with Crippen molar-refractivity contribution in [3.05, 3.63) is 75.8 Å². The van der Waals surface area contributed by atoms with E-state index in [0.717, 1.165) is 47.0 Å². The summed E-state index contributed by atoms with van der Waals surface area (Å²) in [5.41, 5.74) is 2.97. The Morgan fingerprint density at radius 2 is 1.88 bits per heavy atom. The van der Waals surface area contributed by atoms with Gasteiger partial charge in [-0.05, 0) is 43.4 Å². The van der Waals surface area contributed by atoms with E-state index in [4.69, 9.17) is 4.98 Å². The molecule has 2 heterocycles. The van der Waals surface area contributed by atoms with Crippen LogP contribution in [-0.4, -0.2) is 15.8 Å². The van der Waals surface area contributed by atoms with Gasteiger partial charge in [0.2, 0.25) is 0 Å². The lowest BCUT2D eigenvalue weighted by Crippen LogP contribution is -2.28. The van der Waals surface area contributed by atoms with Gasteiger partial charge in [0.1, 0.15) is 5.82 Å². The third-order valence-corrected chi connectivity index (χ3v) is 5.21. The second-order valence-corrected chi connectivity index (χ2v) is 6.83. The minimum atomic E-state index is 0.0537. The second kappa shape index (κ2) is 6.76. The molecule has 0 atom stereocenters. The zero-order valence-electron chi connectivity index (χ0n) is 14.0. The first-order valence-electron chi connectivity index (χ1n) is 8.37. The molecule has 0 amide bonds. The van der Waals surface area contributed by atoms with E-state index in [1.165, 1.54) is 0 Å². The van der Waals surface area contributed by atoms with Crippen LogP contribution in [-0.2, 0) is 6.54 Å². The van der Waals surface area contributed by atoms with E-state index in [2.05, 4.69) is 11.6 Å². The Kier molecular flexibility index (Phi) is 4.32. The van der Waals surface area contributed by atoms with Crippen LogP contribution in [0.25, 0.3) is 16.5 Å². The van der Waals surface area contributed by atoms with Gasteiger partial charge in [0.25, 0.3) is 5.56 Å². The SMILES string of the molecule is CS/C(Nc1ccccc1)=C1/CCCn2c1nc1ccccc1c2=O. The van der Waals surface area contributed by atoms with Gasteiger partial charge in [-0.1, -0.05) is 30.3 Å². The molecule has 1 N–H and O–H groups in total. The maximum absolute atomic E-state index is 12.9. The van der Waals surface area contributed by atoms with Gasteiger partial charge in [-0.15, -0.1) is 11.8 Å². The summed E-state index contributed by atoms with van der Waals surface area (Å²) < 4.78 is 1.82. The van der Waals surface area contributed by atoms with E-state index in [-0.39, 0.29) is 5.56 Å². The molecule has 0 spiro atoms. The molecule has 1 aliphatic rings. The van der Waals surface area contributed by atoms with E-state index >= 15 is 0 Å². The zero-order chi connectivity index (χ0) is 17.2. The zero-order valence-corrected chi connectivity index (χ0v) is 14.8. The van der Waals surface area contributed by atoms with Crippen LogP contribution in [0.5, 0.6) is 0 Å². The molecule has 4 rings (SSSR count). The highest BCUT2D eigenvalue weighted by molar-refractivity contribution is 8.02. The smallest absolute Gasteiger partial charge is 0.261 e. The Hall–Kier alpha value is -2.53. The first-order valence-corrected chi connectivity index (χ1v) is 9.59. The summed E-state index contributed by atoms with van der Waals surface area (Å²) in [6.07, 6.45) is 3.92. The molecule has 0 bridgehead atoms. The normalized spacial score (nSPS) is 15.7. The fourth-order valence-electron chi connectivity index (χ4n) is 3.25. The molecule has 0 aliphatic carbocycles. The van der Waals surface area contributed by atoms with Crippen LogP contribution in [0.2, 0.25) is 0 Å². The summed E-state index contributed by atoms with van der Waals surface area (Å²) in [6, 6.07) is 17.7. The van der Waals surface area contributed by atoms with Gasteiger partial charge in [0, 0.05) is 17.8 Å². The monoisotopic (exact) mass is 349 g/mol. The van der Waals surface area contributed by atoms with E-state index in [1.807, 2.05) is 59.2 Å². The predicted octanol–water partition coefficient (Wildman–Crippen LogP) is 4.33. The van der Waals surface area contributed by atoms with E-state index in [9.17, 15) is 4.79 Å². The van der Waals surface area contributed by atoms with Crippen LogP contribution < -0.4 is 10.9 Å². The number of para-hydroxylation sites is 2. The van der Waals surface area contributed by atoms with Crippen molar-refractivity contribution in [1.82, 2.24) is 9.55 Å². The average molecular weight is 349 g/mol. The number of hydrogen-bond donors (Lipinski definition) is 1. The van der Waals surface area contributed by atoms with Crippen LogP contribution in [0.4, 0.5) is 5.69 Å². The Morgan fingerprint density at radius 1 is 1.12 bits per heavy atom.